The number of aromatic hydroxyl groups is 1. The van der Waals surface area contributed by atoms with Gasteiger partial charge in [0, 0.05) is 16.1 Å². The Kier molecular flexibility index (Phi) is 4.38. The highest BCUT2D eigenvalue weighted by atomic mass is 79.9. The van der Waals surface area contributed by atoms with Crippen LogP contribution in [0, 0.1) is 0 Å². The molecule has 0 aliphatic heterocycles. The van der Waals surface area contributed by atoms with E-state index in [1.807, 2.05) is 6.92 Å². The molecule has 0 bridgehead atoms. The summed E-state index contributed by atoms with van der Waals surface area (Å²) in [6.07, 6.45) is 0.632. The molecule has 0 radical (unpaired) electrons. The molecule has 0 unspecified atom stereocenters. The van der Waals surface area contributed by atoms with E-state index in [0.29, 0.717) is 17.7 Å². The van der Waals surface area contributed by atoms with Crippen LogP contribution < -0.4 is 10.5 Å². The second kappa shape index (κ2) is 5.37. The van der Waals surface area contributed by atoms with Crippen molar-refractivity contribution in [3.8, 4) is 11.5 Å². The van der Waals surface area contributed by atoms with Gasteiger partial charge in [0.15, 0.2) is 11.5 Å². The summed E-state index contributed by atoms with van der Waals surface area (Å²) in [5.74, 6) is 0.515. The smallest absolute Gasteiger partial charge is 0.162 e. The fourth-order valence-electron chi connectivity index (χ4n) is 1.52. The van der Waals surface area contributed by atoms with E-state index in [4.69, 9.17) is 10.5 Å². The van der Waals surface area contributed by atoms with E-state index in [1.165, 1.54) is 7.11 Å². The molecule has 1 aromatic rings. The van der Waals surface area contributed by atoms with Gasteiger partial charge in [0.1, 0.15) is 0 Å². The van der Waals surface area contributed by atoms with Gasteiger partial charge in [-0.15, -0.1) is 6.58 Å². The molecule has 1 aromatic carbocycles. The summed E-state index contributed by atoms with van der Waals surface area (Å²) in [5, 5.41) is 9.94. The summed E-state index contributed by atoms with van der Waals surface area (Å²) in [5.41, 5.74) is 7.63. The van der Waals surface area contributed by atoms with Gasteiger partial charge in [-0.3, -0.25) is 0 Å². The number of phenols is 1. The zero-order valence-corrected chi connectivity index (χ0v) is 11.0. The Morgan fingerprint density at radius 1 is 1.62 bits per heavy atom. The molecule has 0 saturated heterocycles. The van der Waals surface area contributed by atoms with Crippen molar-refractivity contribution in [2.24, 2.45) is 5.73 Å². The first kappa shape index (κ1) is 13.1. The highest BCUT2D eigenvalue weighted by molar-refractivity contribution is 9.10. The van der Waals surface area contributed by atoms with Crippen molar-refractivity contribution >= 4 is 15.9 Å². The summed E-state index contributed by atoms with van der Waals surface area (Å²) in [4.78, 5) is 0. The standard InChI is InChI=1S/C12H16BrNO2/c1-7(2)4-10(14)9-5-8(13)6-11(16-3)12(9)15/h5-6,10,15H,1,4,14H2,2-3H3/t10-/m0/s1. The minimum atomic E-state index is -0.274. The van der Waals surface area contributed by atoms with Crippen molar-refractivity contribution in [2.45, 2.75) is 19.4 Å². The first-order valence-electron chi connectivity index (χ1n) is 4.92. The lowest BCUT2D eigenvalue weighted by Crippen LogP contribution is -2.11. The lowest BCUT2D eigenvalue weighted by molar-refractivity contribution is 0.368. The van der Waals surface area contributed by atoms with Crippen LogP contribution in [0.15, 0.2) is 28.8 Å². The van der Waals surface area contributed by atoms with Crippen molar-refractivity contribution in [2.75, 3.05) is 7.11 Å². The van der Waals surface area contributed by atoms with Gasteiger partial charge in [0.25, 0.3) is 0 Å². The van der Waals surface area contributed by atoms with E-state index in [2.05, 4.69) is 22.5 Å². The first-order chi connectivity index (χ1) is 7.45. The number of halogens is 1. The van der Waals surface area contributed by atoms with E-state index in [1.54, 1.807) is 12.1 Å². The Balaban J connectivity index is 3.12. The molecule has 3 nitrogen and oxygen atoms in total. The highest BCUT2D eigenvalue weighted by Gasteiger charge is 2.15. The largest absolute Gasteiger partial charge is 0.504 e. The Labute approximate surface area is 104 Å². The summed E-state index contributed by atoms with van der Waals surface area (Å²) in [6, 6.07) is 3.22. The van der Waals surface area contributed by atoms with Gasteiger partial charge in [0.2, 0.25) is 0 Å². The summed E-state index contributed by atoms with van der Waals surface area (Å²) >= 11 is 3.35. The van der Waals surface area contributed by atoms with E-state index in [0.717, 1.165) is 10.0 Å². The topological polar surface area (TPSA) is 55.5 Å². The summed E-state index contributed by atoms with van der Waals surface area (Å²) in [7, 11) is 1.51. The fraction of sp³-hybridized carbons (Fsp3) is 0.333. The molecule has 88 valence electrons. The number of ether oxygens (including phenoxy) is 1. The minimum Gasteiger partial charge on any atom is -0.504 e. The SMILES string of the molecule is C=C(C)C[C@H](N)c1cc(Br)cc(OC)c1O. The number of hydrogen-bond acceptors (Lipinski definition) is 3. The second-order valence-electron chi connectivity index (χ2n) is 3.81. The van der Waals surface area contributed by atoms with Crippen LogP contribution >= 0.6 is 15.9 Å². The molecule has 0 fully saturated rings. The van der Waals surface area contributed by atoms with Crippen LogP contribution in [-0.4, -0.2) is 12.2 Å². The van der Waals surface area contributed by atoms with Crippen LogP contribution in [0.5, 0.6) is 11.5 Å². The third kappa shape index (κ3) is 3.00. The Bertz CT molecular complexity index is 404. The number of rotatable bonds is 4. The molecule has 0 amide bonds. The highest BCUT2D eigenvalue weighted by Crippen LogP contribution is 2.37. The van der Waals surface area contributed by atoms with Gasteiger partial charge in [-0.05, 0) is 25.5 Å². The van der Waals surface area contributed by atoms with E-state index in [-0.39, 0.29) is 11.8 Å². The maximum atomic E-state index is 9.94. The van der Waals surface area contributed by atoms with Gasteiger partial charge in [-0.2, -0.15) is 0 Å². The van der Waals surface area contributed by atoms with Crippen molar-refractivity contribution in [3.63, 3.8) is 0 Å². The number of hydrogen-bond donors (Lipinski definition) is 2. The molecule has 1 rings (SSSR count). The van der Waals surface area contributed by atoms with Crippen LogP contribution in [0.3, 0.4) is 0 Å². The van der Waals surface area contributed by atoms with Crippen LogP contribution in [0.25, 0.3) is 0 Å². The zero-order chi connectivity index (χ0) is 12.3. The Morgan fingerprint density at radius 3 is 2.75 bits per heavy atom. The third-order valence-electron chi connectivity index (χ3n) is 2.26. The Hall–Kier alpha value is -1.00. The predicted octanol–water partition coefficient (Wildman–Crippen LogP) is 3.13. The average Bonchev–Trinajstić information content (AvgIpc) is 2.19. The zero-order valence-electron chi connectivity index (χ0n) is 9.46. The van der Waals surface area contributed by atoms with Crippen LogP contribution in [0.4, 0.5) is 0 Å². The summed E-state index contributed by atoms with van der Waals surface area (Å²) < 4.78 is 5.89. The van der Waals surface area contributed by atoms with Crippen molar-refractivity contribution in [1.82, 2.24) is 0 Å². The van der Waals surface area contributed by atoms with Crippen molar-refractivity contribution in [3.05, 3.63) is 34.3 Å². The van der Waals surface area contributed by atoms with Crippen molar-refractivity contribution in [1.29, 1.82) is 0 Å². The molecule has 0 aliphatic rings. The monoisotopic (exact) mass is 285 g/mol. The Morgan fingerprint density at radius 2 is 2.25 bits per heavy atom. The summed E-state index contributed by atoms with van der Waals surface area (Å²) in [6.45, 7) is 5.72. The maximum Gasteiger partial charge on any atom is 0.162 e. The minimum absolute atomic E-state index is 0.0967. The molecule has 0 heterocycles. The number of nitrogens with two attached hydrogens (primary N) is 1. The number of benzene rings is 1. The third-order valence-corrected chi connectivity index (χ3v) is 2.71. The molecule has 4 heteroatoms. The quantitative estimate of drug-likeness (QED) is 0.836. The van der Waals surface area contributed by atoms with Crippen LogP contribution in [-0.2, 0) is 0 Å². The van der Waals surface area contributed by atoms with Crippen LogP contribution in [0.1, 0.15) is 24.9 Å². The predicted molar refractivity (Wildman–Crippen MR) is 68.7 cm³/mol. The van der Waals surface area contributed by atoms with Gasteiger partial charge < -0.3 is 15.6 Å². The molecular weight excluding hydrogens is 270 g/mol. The van der Waals surface area contributed by atoms with Gasteiger partial charge in [-0.25, -0.2) is 0 Å². The fourth-order valence-corrected chi connectivity index (χ4v) is 1.97. The molecule has 0 saturated carbocycles. The number of phenolic OH excluding ortho intramolecular Hbond substituents is 1. The lowest BCUT2D eigenvalue weighted by Gasteiger charge is -2.16. The van der Waals surface area contributed by atoms with E-state index >= 15 is 0 Å². The van der Waals surface area contributed by atoms with E-state index in [9.17, 15) is 5.11 Å². The van der Waals surface area contributed by atoms with Gasteiger partial charge in [0.05, 0.1) is 7.11 Å². The molecule has 16 heavy (non-hydrogen) atoms. The van der Waals surface area contributed by atoms with Crippen LogP contribution in [0.2, 0.25) is 0 Å². The van der Waals surface area contributed by atoms with Gasteiger partial charge >= 0.3 is 0 Å². The molecule has 0 aromatic heterocycles. The molecule has 0 spiro atoms. The lowest BCUT2D eigenvalue weighted by atomic mass is 10.00. The molecule has 1 atom stereocenters. The second-order valence-corrected chi connectivity index (χ2v) is 4.73. The first-order valence-corrected chi connectivity index (χ1v) is 5.71. The average molecular weight is 286 g/mol. The normalized spacial score (nSPS) is 12.2. The number of methoxy groups -OCH3 is 1. The molecule has 3 N–H and O–H groups in total. The van der Waals surface area contributed by atoms with E-state index < -0.39 is 0 Å². The van der Waals surface area contributed by atoms with Gasteiger partial charge in [-0.1, -0.05) is 21.5 Å². The molecule has 0 aliphatic carbocycles. The van der Waals surface area contributed by atoms with Crippen molar-refractivity contribution < 1.29 is 9.84 Å². The maximum absolute atomic E-state index is 9.94. The molecular formula is C12H16BrNO2.